The van der Waals surface area contributed by atoms with Gasteiger partial charge in [-0.1, -0.05) is 0 Å². The van der Waals surface area contributed by atoms with Crippen LogP contribution in [0, 0.1) is 17.2 Å². The largest absolute Gasteiger partial charge is 0.394 e. The molecule has 0 aromatic carbocycles. The zero-order valence-corrected chi connectivity index (χ0v) is 6.87. The van der Waals surface area contributed by atoms with Crippen LogP contribution in [0.15, 0.2) is 0 Å². The number of aliphatic hydroxyl groups excluding tert-OH is 3. The van der Waals surface area contributed by atoms with Crippen molar-refractivity contribution in [1.29, 1.82) is 5.26 Å². The molecule has 1 aliphatic heterocycles. The maximum atomic E-state index is 9.41. The fraction of sp³-hybridized carbons (Fsp3) is 0.857. The van der Waals surface area contributed by atoms with E-state index in [2.05, 4.69) is 0 Å². The Hall–Kier alpha value is -0.710. The maximum Gasteiger partial charge on any atom is 0.172 e. The van der Waals surface area contributed by atoms with E-state index < -0.39 is 37.1 Å². The summed E-state index contributed by atoms with van der Waals surface area (Å²) in [6.45, 7) is -0.431. The Bertz CT molecular complexity index is 215. The van der Waals surface area contributed by atoms with Crippen LogP contribution in [0.5, 0.6) is 0 Å². The fourth-order valence-electron chi connectivity index (χ4n) is 1.30. The summed E-state index contributed by atoms with van der Waals surface area (Å²) in [4.78, 5) is 0. The van der Waals surface area contributed by atoms with Crippen molar-refractivity contribution in [3.05, 3.63) is 0 Å². The molecule has 0 aromatic heterocycles. The molecule has 6 nitrogen and oxygen atoms in total. The Labute approximate surface area is 75.2 Å². The van der Waals surface area contributed by atoms with Crippen molar-refractivity contribution in [3.8, 4) is 6.07 Å². The second-order valence-electron chi connectivity index (χ2n) is 2.97. The summed E-state index contributed by atoms with van der Waals surface area (Å²) in [6, 6.07) is 0.773. The molecule has 1 aliphatic rings. The number of aliphatic hydroxyl groups is 3. The minimum absolute atomic E-state index is 0.431. The molecule has 0 radical (unpaired) electrons. The van der Waals surface area contributed by atoms with Gasteiger partial charge in [0.15, 0.2) is 6.29 Å². The zero-order chi connectivity index (χ0) is 10.0. The monoisotopic (exact) mass is 188 g/mol. The van der Waals surface area contributed by atoms with Crippen LogP contribution in [0.25, 0.3) is 0 Å². The van der Waals surface area contributed by atoms with Crippen molar-refractivity contribution in [3.63, 3.8) is 0 Å². The van der Waals surface area contributed by atoms with Gasteiger partial charge >= 0.3 is 0 Å². The van der Waals surface area contributed by atoms with E-state index in [1.165, 1.54) is 0 Å². The number of rotatable bonds is 1. The SMILES string of the molecule is N#C[C@H]1[C@H](O)[C@@H](N)C(O)O[C@@H]1CO. The maximum absolute atomic E-state index is 9.41. The molecule has 1 fully saturated rings. The summed E-state index contributed by atoms with van der Waals surface area (Å²) in [5, 5.41) is 35.9. The molecule has 0 spiro atoms. The van der Waals surface area contributed by atoms with E-state index in [9.17, 15) is 5.11 Å². The third-order valence-corrected chi connectivity index (χ3v) is 2.14. The highest BCUT2D eigenvalue weighted by Crippen LogP contribution is 2.23. The van der Waals surface area contributed by atoms with Gasteiger partial charge in [0.25, 0.3) is 0 Å². The van der Waals surface area contributed by atoms with Crippen molar-refractivity contribution in [2.45, 2.75) is 24.5 Å². The van der Waals surface area contributed by atoms with Crippen LogP contribution >= 0.6 is 0 Å². The van der Waals surface area contributed by atoms with Crippen LogP contribution in [0.1, 0.15) is 0 Å². The lowest BCUT2D eigenvalue weighted by molar-refractivity contribution is -0.222. The summed E-state index contributed by atoms with van der Waals surface area (Å²) in [6.07, 6.45) is -3.39. The first-order valence-electron chi connectivity index (χ1n) is 3.89. The van der Waals surface area contributed by atoms with Crippen LogP contribution < -0.4 is 5.73 Å². The van der Waals surface area contributed by atoms with Crippen molar-refractivity contribution < 1.29 is 20.1 Å². The van der Waals surface area contributed by atoms with Crippen LogP contribution in [-0.4, -0.2) is 46.5 Å². The predicted molar refractivity (Wildman–Crippen MR) is 41.1 cm³/mol. The second kappa shape index (κ2) is 4.00. The molecule has 0 bridgehead atoms. The molecule has 74 valence electrons. The minimum atomic E-state index is -1.34. The first-order chi connectivity index (χ1) is 6.11. The summed E-state index contributed by atoms with van der Waals surface area (Å²) in [5.41, 5.74) is 5.35. The number of hydrogen-bond donors (Lipinski definition) is 4. The highest BCUT2D eigenvalue weighted by Gasteiger charge is 2.42. The van der Waals surface area contributed by atoms with Crippen molar-refractivity contribution >= 4 is 0 Å². The molecule has 1 saturated heterocycles. The first kappa shape index (κ1) is 10.4. The standard InChI is InChI=1S/C7H12N2O4/c8-1-3-4(2-10)13-7(12)5(9)6(3)11/h3-7,10-12H,2,9H2/t3-,4-,5-,6+,7?/m1/s1. The van der Waals surface area contributed by atoms with Gasteiger partial charge in [0.1, 0.15) is 12.0 Å². The van der Waals surface area contributed by atoms with Crippen molar-refractivity contribution in [1.82, 2.24) is 0 Å². The Balaban J connectivity index is 2.76. The number of hydrogen-bond acceptors (Lipinski definition) is 6. The van der Waals surface area contributed by atoms with Gasteiger partial charge in [-0.2, -0.15) is 5.26 Å². The highest BCUT2D eigenvalue weighted by molar-refractivity contribution is 5.01. The van der Waals surface area contributed by atoms with Crippen LogP contribution in [-0.2, 0) is 4.74 Å². The average molecular weight is 188 g/mol. The molecule has 0 aliphatic carbocycles. The van der Waals surface area contributed by atoms with Crippen molar-refractivity contribution in [2.75, 3.05) is 6.61 Å². The molecule has 1 unspecified atom stereocenters. The van der Waals surface area contributed by atoms with E-state index in [0.29, 0.717) is 0 Å². The van der Waals surface area contributed by atoms with E-state index in [0.717, 1.165) is 0 Å². The molecule has 5 N–H and O–H groups in total. The second-order valence-corrected chi connectivity index (χ2v) is 2.97. The lowest BCUT2D eigenvalue weighted by atomic mass is 9.89. The van der Waals surface area contributed by atoms with Gasteiger partial charge in [-0.05, 0) is 0 Å². The number of ether oxygens (including phenoxy) is 1. The van der Waals surface area contributed by atoms with E-state index in [4.69, 9.17) is 25.9 Å². The van der Waals surface area contributed by atoms with Gasteiger partial charge in [-0.3, -0.25) is 0 Å². The molecule has 13 heavy (non-hydrogen) atoms. The van der Waals surface area contributed by atoms with Gasteiger partial charge in [-0.25, -0.2) is 0 Å². The normalized spacial score (nSPS) is 45.6. The molecule has 1 rings (SSSR count). The molecular weight excluding hydrogens is 176 g/mol. The van der Waals surface area contributed by atoms with Crippen LogP contribution in [0.3, 0.4) is 0 Å². The van der Waals surface area contributed by atoms with Gasteiger partial charge in [0.2, 0.25) is 0 Å². The lowest BCUT2D eigenvalue weighted by Gasteiger charge is -2.37. The Morgan fingerprint density at radius 1 is 1.46 bits per heavy atom. The Morgan fingerprint density at radius 2 is 2.08 bits per heavy atom. The molecule has 0 amide bonds. The third kappa shape index (κ3) is 1.80. The fourth-order valence-corrected chi connectivity index (χ4v) is 1.30. The van der Waals surface area contributed by atoms with Crippen molar-refractivity contribution in [2.24, 2.45) is 11.7 Å². The lowest BCUT2D eigenvalue weighted by Crippen LogP contribution is -2.58. The molecule has 5 atom stereocenters. The third-order valence-electron chi connectivity index (χ3n) is 2.14. The number of nitrogens with two attached hydrogens (primary N) is 1. The number of nitrogens with zero attached hydrogens (tertiary/aromatic N) is 1. The summed E-state index contributed by atoms with van der Waals surface area (Å²) < 4.78 is 4.82. The zero-order valence-electron chi connectivity index (χ0n) is 6.87. The van der Waals surface area contributed by atoms with E-state index in [1.54, 1.807) is 6.07 Å². The van der Waals surface area contributed by atoms with Gasteiger partial charge in [0.05, 0.1) is 24.8 Å². The summed E-state index contributed by atoms with van der Waals surface area (Å²) in [5.74, 6) is -0.900. The van der Waals surface area contributed by atoms with E-state index in [-0.39, 0.29) is 0 Å². The van der Waals surface area contributed by atoms with Crippen LogP contribution in [0.4, 0.5) is 0 Å². The summed E-state index contributed by atoms with van der Waals surface area (Å²) >= 11 is 0. The van der Waals surface area contributed by atoms with E-state index >= 15 is 0 Å². The molecule has 1 heterocycles. The average Bonchev–Trinajstić information content (AvgIpc) is 2.13. The quantitative estimate of drug-likeness (QED) is 0.362. The van der Waals surface area contributed by atoms with Crippen LogP contribution in [0.2, 0.25) is 0 Å². The van der Waals surface area contributed by atoms with Gasteiger partial charge in [0, 0.05) is 0 Å². The molecule has 0 saturated carbocycles. The molecule has 0 aromatic rings. The van der Waals surface area contributed by atoms with E-state index in [1.807, 2.05) is 0 Å². The Morgan fingerprint density at radius 3 is 2.54 bits per heavy atom. The minimum Gasteiger partial charge on any atom is -0.394 e. The molecular formula is C7H12N2O4. The predicted octanol–water partition coefficient (Wildman–Crippen LogP) is -2.48. The van der Waals surface area contributed by atoms with Gasteiger partial charge in [-0.15, -0.1) is 0 Å². The first-order valence-corrected chi connectivity index (χ1v) is 3.89. The highest BCUT2D eigenvalue weighted by atomic mass is 16.6. The smallest absolute Gasteiger partial charge is 0.172 e. The molecule has 6 heteroatoms. The van der Waals surface area contributed by atoms with Gasteiger partial charge < -0.3 is 25.8 Å². The summed E-state index contributed by atoms with van der Waals surface area (Å²) in [7, 11) is 0. The topological polar surface area (TPSA) is 120 Å². The Kier molecular flexibility index (Phi) is 3.19. The number of nitriles is 1.